The summed E-state index contributed by atoms with van der Waals surface area (Å²) in [5.41, 5.74) is 0. The van der Waals surface area contributed by atoms with E-state index in [2.05, 4.69) is 4.74 Å². The Morgan fingerprint density at radius 3 is 2.82 bits per heavy atom. The van der Waals surface area contributed by atoms with Crippen molar-refractivity contribution in [3.63, 3.8) is 0 Å². The molecule has 0 aromatic carbocycles. The molecule has 1 aliphatic rings. The van der Waals surface area contributed by atoms with Crippen LogP contribution in [-0.4, -0.2) is 37.0 Å². The van der Waals surface area contributed by atoms with Crippen LogP contribution < -0.4 is 0 Å². The van der Waals surface area contributed by atoms with Crippen LogP contribution in [0.25, 0.3) is 0 Å². The Labute approximate surface area is 65.1 Å². The molecule has 0 spiro atoms. The Balaban J connectivity index is 2.33. The third-order valence-electron chi connectivity index (χ3n) is 1.72. The first kappa shape index (κ1) is 8.49. The lowest BCUT2D eigenvalue weighted by Gasteiger charge is -2.23. The molecular weight excluding hydrogens is 148 g/mol. The second-order valence-corrected chi connectivity index (χ2v) is 2.58. The van der Waals surface area contributed by atoms with Gasteiger partial charge in [0.15, 0.2) is 6.10 Å². The molecule has 4 nitrogen and oxygen atoms in total. The van der Waals surface area contributed by atoms with Crippen LogP contribution in [-0.2, 0) is 14.3 Å². The molecule has 0 aliphatic carbocycles. The molecule has 1 fully saturated rings. The van der Waals surface area contributed by atoms with E-state index in [9.17, 15) is 4.79 Å². The SMILES string of the molecule is COC(=O)[C@H]1CC[C@H](O)CO1. The Kier molecular flexibility index (Phi) is 2.84. The van der Waals surface area contributed by atoms with E-state index in [0.29, 0.717) is 12.8 Å². The lowest BCUT2D eigenvalue weighted by atomic mass is 10.1. The minimum atomic E-state index is -0.469. The highest BCUT2D eigenvalue weighted by atomic mass is 16.6. The summed E-state index contributed by atoms with van der Waals surface area (Å²) in [6.07, 6.45) is 0.271. The average molecular weight is 160 g/mol. The predicted octanol–water partition coefficient (Wildman–Crippen LogP) is -0.301. The summed E-state index contributed by atoms with van der Waals surface area (Å²) in [4.78, 5) is 10.8. The summed E-state index contributed by atoms with van der Waals surface area (Å²) >= 11 is 0. The van der Waals surface area contributed by atoms with Gasteiger partial charge < -0.3 is 14.6 Å². The van der Waals surface area contributed by atoms with Crippen LogP contribution in [0.1, 0.15) is 12.8 Å². The van der Waals surface area contributed by atoms with Crippen LogP contribution in [0.15, 0.2) is 0 Å². The molecule has 64 valence electrons. The van der Waals surface area contributed by atoms with Crippen molar-refractivity contribution in [1.82, 2.24) is 0 Å². The summed E-state index contributed by atoms with van der Waals surface area (Å²) in [5, 5.41) is 9.00. The van der Waals surface area contributed by atoms with Crippen LogP contribution in [0.4, 0.5) is 0 Å². The minimum absolute atomic E-state index is 0.236. The molecule has 0 aromatic heterocycles. The standard InChI is InChI=1S/C7H12O4/c1-10-7(9)6-3-2-5(8)4-11-6/h5-6,8H,2-4H2,1H3/t5-,6+/m0/s1. The number of esters is 1. The highest BCUT2D eigenvalue weighted by Crippen LogP contribution is 2.13. The molecule has 0 saturated carbocycles. The molecule has 1 aliphatic heterocycles. The van der Waals surface area contributed by atoms with Gasteiger partial charge in [0, 0.05) is 0 Å². The molecule has 0 unspecified atom stereocenters. The lowest BCUT2D eigenvalue weighted by Crippen LogP contribution is -2.35. The fraction of sp³-hybridized carbons (Fsp3) is 0.857. The molecule has 1 N–H and O–H groups in total. The molecule has 0 radical (unpaired) electrons. The maximum Gasteiger partial charge on any atom is 0.334 e. The predicted molar refractivity (Wildman–Crippen MR) is 37.0 cm³/mol. The van der Waals surface area contributed by atoms with Gasteiger partial charge in [0.2, 0.25) is 0 Å². The van der Waals surface area contributed by atoms with Crippen LogP contribution in [0.5, 0.6) is 0 Å². The van der Waals surface area contributed by atoms with Gasteiger partial charge in [-0.2, -0.15) is 0 Å². The summed E-state index contributed by atoms with van der Waals surface area (Å²) in [5.74, 6) is -0.350. The number of hydrogen-bond acceptors (Lipinski definition) is 4. The normalized spacial score (nSPS) is 31.5. The second kappa shape index (κ2) is 3.69. The Morgan fingerprint density at radius 1 is 1.64 bits per heavy atom. The largest absolute Gasteiger partial charge is 0.467 e. The van der Waals surface area contributed by atoms with Crippen LogP contribution >= 0.6 is 0 Å². The van der Waals surface area contributed by atoms with E-state index in [1.807, 2.05) is 0 Å². The average Bonchev–Trinajstić information content (AvgIpc) is 2.05. The Hall–Kier alpha value is -0.610. The van der Waals surface area contributed by atoms with E-state index in [4.69, 9.17) is 9.84 Å². The van der Waals surface area contributed by atoms with Gasteiger partial charge in [-0.1, -0.05) is 0 Å². The minimum Gasteiger partial charge on any atom is -0.467 e. The van der Waals surface area contributed by atoms with Crippen LogP contribution in [0, 0.1) is 0 Å². The topological polar surface area (TPSA) is 55.8 Å². The molecular formula is C7H12O4. The first-order valence-electron chi connectivity index (χ1n) is 3.61. The van der Waals surface area contributed by atoms with Crippen LogP contribution in [0.3, 0.4) is 0 Å². The van der Waals surface area contributed by atoms with Gasteiger partial charge in [0.1, 0.15) is 0 Å². The molecule has 4 heteroatoms. The smallest absolute Gasteiger partial charge is 0.334 e. The molecule has 11 heavy (non-hydrogen) atoms. The first-order chi connectivity index (χ1) is 5.24. The zero-order valence-electron chi connectivity index (χ0n) is 6.45. The molecule has 2 atom stereocenters. The highest BCUT2D eigenvalue weighted by Gasteiger charge is 2.26. The highest BCUT2D eigenvalue weighted by molar-refractivity contribution is 5.74. The van der Waals surface area contributed by atoms with Crippen molar-refractivity contribution in [3.05, 3.63) is 0 Å². The van der Waals surface area contributed by atoms with Gasteiger partial charge in [0.05, 0.1) is 19.8 Å². The number of hydrogen-bond donors (Lipinski definition) is 1. The maximum absolute atomic E-state index is 10.8. The van der Waals surface area contributed by atoms with Gasteiger partial charge in [0.25, 0.3) is 0 Å². The Morgan fingerprint density at radius 2 is 2.36 bits per heavy atom. The van der Waals surface area contributed by atoms with Crippen molar-refractivity contribution in [2.75, 3.05) is 13.7 Å². The summed E-state index contributed by atoms with van der Waals surface area (Å²) in [6.45, 7) is 0.236. The van der Waals surface area contributed by atoms with Gasteiger partial charge >= 0.3 is 5.97 Å². The van der Waals surface area contributed by atoms with Gasteiger partial charge in [-0.15, -0.1) is 0 Å². The fourth-order valence-electron chi connectivity index (χ4n) is 1.05. The maximum atomic E-state index is 10.8. The molecule has 0 aromatic rings. The molecule has 0 bridgehead atoms. The monoisotopic (exact) mass is 160 g/mol. The molecule has 0 amide bonds. The number of rotatable bonds is 1. The van der Waals surface area contributed by atoms with Crippen molar-refractivity contribution in [1.29, 1.82) is 0 Å². The van der Waals surface area contributed by atoms with Crippen molar-refractivity contribution >= 4 is 5.97 Å². The zero-order chi connectivity index (χ0) is 8.27. The third-order valence-corrected chi connectivity index (χ3v) is 1.72. The molecule has 1 heterocycles. The van der Waals surface area contributed by atoms with E-state index < -0.39 is 12.2 Å². The van der Waals surface area contributed by atoms with Crippen molar-refractivity contribution in [2.24, 2.45) is 0 Å². The van der Waals surface area contributed by atoms with Crippen molar-refractivity contribution in [3.8, 4) is 0 Å². The number of methoxy groups -OCH3 is 1. The van der Waals surface area contributed by atoms with E-state index in [-0.39, 0.29) is 12.6 Å². The van der Waals surface area contributed by atoms with Crippen LogP contribution in [0.2, 0.25) is 0 Å². The lowest BCUT2D eigenvalue weighted by molar-refractivity contribution is -0.161. The number of ether oxygens (including phenoxy) is 2. The summed E-state index contributed by atoms with van der Waals surface area (Å²) < 4.78 is 9.50. The van der Waals surface area contributed by atoms with Crippen molar-refractivity contribution in [2.45, 2.75) is 25.0 Å². The summed E-state index contributed by atoms with van der Waals surface area (Å²) in [7, 11) is 1.33. The second-order valence-electron chi connectivity index (χ2n) is 2.58. The third kappa shape index (κ3) is 2.17. The van der Waals surface area contributed by atoms with E-state index in [1.165, 1.54) is 7.11 Å². The number of carbonyl (C=O) groups excluding carboxylic acids is 1. The van der Waals surface area contributed by atoms with Gasteiger partial charge in [-0.25, -0.2) is 4.79 Å². The summed E-state index contributed by atoms with van der Waals surface area (Å²) in [6, 6.07) is 0. The van der Waals surface area contributed by atoms with Gasteiger partial charge in [-0.05, 0) is 12.8 Å². The number of aliphatic hydroxyl groups excluding tert-OH is 1. The quantitative estimate of drug-likeness (QED) is 0.535. The van der Waals surface area contributed by atoms with E-state index in [0.717, 1.165) is 0 Å². The first-order valence-corrected chi connectivity index (χ1v) is 3.61. The number of aliphatic hydroxyl groups is 1. The Bertz CT molecular complexity index is 137. The molecule has 1 saturated heterocycles. The van der Waals surface area contributed by atoms with E-state index in [1.54, 1.807) is 0 Å². The van der Waals surface area contributed by atoms with E-state index >= 15 is 0 Å². The molecule has 1 rings (SSSR count). The van der Waals surface area contributed by atoms with Gasteiger partial charge in [-0.3, -0.25) is 0 Å². The van der Waals surface area contributed by atoms with Crippen molar-refractivity contribution < 1.29 is 19.4 Å². The fourth-order valence-corrected chi connectivity index (χ4v) is 1.05. The zero-order valence-corrected chi connectivity index (χ0v) is 6.45. The number of carbonyl (C=O) groups is 1.